The zero-order valence-electron chi connectivity index (χ0n) is 7.57. The van der Waals surface area contributed by atoms with Crippen molar-refractivity contribution in [1.82, 2.24) is 4.98 Å². The van der Waals surface area contributed by atoms with Crippen molar-refractivity contribution in [2.75, 3.05) is 13.2 Å². The van der Waals surface area contributed by atoms with Gasteiger partial charge in [-0.3, -0.25) is 4.98 Å². The minimum Gasteiger partial charge on any atom is -0.379 e. The van der Waals surface area contributed by atoms with Gasteiger partial charge in [-0.1, -0.05) is 6.07 Å². The maximum absolute atomic E-state index is 6.14. The summed E-state index contributed by atoms with van der Waals surface area (Å²) in [6.07, 6.45) is 5.45. The highest BCUT2D eigenvalue weighted by Gasteiger charge is 2.30. The molecule has 0 saturated carbocycles. The van der Waals surface area contributed by atoms with E-state index in [2.05, 4.69) is 11.1 Å². The monoisotopic (exact) mass is 178 g/mol. The van der Waals surface area contributed by atoms with Crippen LogP contribution in [0.1, 0.15) is 12.0 Å². The van der Waals surface area contributed by atoms with Crippen LogP contribution < -0.4 is 5.73 Å². The number of nitrogens with two attached hydrogens (primary N) is 1. The van der Waals surface area contributed by atoms with Gasteiger partial charge in [-0.2, -0.15) is 0 Å². The van der Waals surface area contributed by atoms with E-state index < -0.39 is 0 Å². The molecule has 2 heterocycles. The van der Waals surface area contributed by atoms with Gasteiger partial charge in [0.1, 0.15) is 0 Å². The lowest BCUT2D eigenvalue weighted by molar-refractivity contribution is 0.178. The van der Waals surface area contributed by atoms with Gasteiger partial charge in [-0.05, 0) is 24.5 Å². The number of hydrogen-bond acceptors (Lipinski definition) is 3. The van der Waals surface area contributed by atoms with Gasteiger partial charge < -0.3 is 10.5 Å². The second-order valence-corrected chi connectivity index (χ2v) is 3.70. The number of hydrogen-bond donors (Lipinski definition) is 1. The number of ether oxygens (including phenoxy) is 1. The summed E-state index contributed by atoms with van der Waals surface area (Å²) >= 11 is 0. The van der Waals surface area contributed by atoms with Crippen molar-refractivity contribution < 1.29 is 4.74 Å². The molecule has 1 fully saturated rings. The molecule has 3 nitrogen and oxygen atoms in total. The molecule has 13 heavy (non-hydrogen) atoms. The van der Waals surface area contributed by atoms with E-state index in [1.54, 1.807) is 6.20 Å². The van der Waals surface area contributed by atoms with E-state index >= 15 is 0 Å². The molecule has 2 N–H and O–H groups in total. The Kier molecular flexibility index (Phi) is 2.29. The normalized spacial score (nSPS) is 27.8. The van der Waals surface area contributed by atoms with Crippen LogP contribution in [0.15, 0.2) is 24.5 Å². The first-order chi connectivity index (χ1) is 6.29. The molecule has 1 atom stereocenters. The highest BCUT2D eigenvalue weighted by Crippen LogP contribution is 2.20. The van der Waals surface area contributed by atoms with Crippen LogP contribution in [0.3, 0.4) is 0 Å². The molecule has 3 heteroatoms. The summed E-state index contributed by atoms with van der Waals surface area (Å²) in [4.78, 5) is 4.06. The lowest BCUT2D eigenvalue weighted by Crippen LogP contribution is -2.42. The van der Waals surface area contributed by atoms with Crippen LogP contribution in [-0.4, -0.2) is 23.7 Å². The lowest BCUT2D eigenvalue weighted by atomic mass is 9.92. The highest BCUT2D eigenvalue weighted by atomic mass is 16.5. The summed E-state index contributed by atoms with van der Waals surface area (Å²) in [5.41, 5.74) is 7.16. The molecule has 0 radical (unpaired) electrons. The molecule has 0 aliphatic carbocycles. The number of rotatable bonds is 2. The fourth-order valence-electron chi connectivity index (χ4n) is 1.67. The van der Waals surface area contributed by atoms with Crippen LogP contribution >= 0.6 is 0 Å². The third-order valence-corrected chi connectivity index (χ3v) is 2.41. The van der Waals surface area contributed by atoms with Crippen molar-refractivity contribution >= 4 is 0 Å². The van der Waals surface area contributed by atoms with E-state index in [0.717, 1.165) is 19.4 Å². The largest absolute Gasteiger partial charge is 0.379 e. The van der Waals surface area contributed by atoms with E-state index in [9.17, 15) is 0 Å². The van der Waals surface area contributed by atoms with Crippen LogP contribution in [0.5, 0.6) is 0 Å². The molecular formula is C10H14N2O. The third kappa shape index (κ3) is 2.05. The molecule has 1 aromatic heterocycles. The number of nitrogens with zero attached hydrogens (tertiary/aromatic N) is 1. The molecule has 1 aliphatic heterocycles. The Morgan fingerprint density at radius 3 is 3.15 bits per heavy atom. The zero-order valence-corrected chi connectivity index (χ0v) is 7.57. The topological polar surface area (TPSA) is 48.1 Å². The Bertz CT molecular complexity index is 268. The smallest absolute Gasteiger partial charge is 0.0650 e. The fourth-order valence-corrected chi connectivity index (χ4v) is 1.67. The molecule has 1 unspecified atom stereocenters. The Hall–Kier alpha value is -0.930. The number of pyridine rings is 1. The molecule has 0 aromatic carbocycles. The van der Waals surface area contributed by atoms with Crippen molar-refractivity contribution in [3.05, 3.63) is 30.1 Å². The summed E-state index contributed by atoms with van der Waals surface area (Å²) < 4.78 is 5.29. The van der Waals surface area contributed by atoms with Crippen molar-refractivity contribution in [2.24, 2.45) is 5.73 Å². The van der Waals surface area contributed by atoms with Crippen LogP contribution in [0.4, 0.5) is 0 Å². The van der Waals surface area contributed by atoms with Gasteiger partial charge in [0.15, 0.2) is 0 Å². The summed E-state index contributed by atoms with van der Waals surface area (Å²) in [6.45, 7) is 1.46. The van der Waals surface area contributed by atoms with Crippen LogP contribution in [0.25, 0.3) is 0 Å². The summed E-state index contributed by atoms with van der Waals surface area (Å²) in [5.74, 6) is 0. The average molecular weight is 178 g/mol. The maximum Gasteiger partial charge on any atom is 0.0650 e. The summed E-state index contributed by atoms with van der Waals surface area (Å²) in [5, 5.41) is 0. The zero-order chi connectivity index (χ0) is 9.15. The van der Waals surface area contributed by atoms with Gasteiger partial charge in [0.2, 0.25) is 0 Å². The molecule has 0 amide bonds. The first-order valence-corrected chi connectivity index (χ1v) is 4.54. The molecule has 0 spiro atoms. The minimum absolute atomic E-state index is 0.164. The van der Waals surface area contributed by atoms with E-state index in [1.165, 1.54) is 5.56 Å². The van der Waals surface area contributed by atoms with Gasteiger partial charge in [0.25, 0.3) is 0 Å². The Morgan fingerprint density at radius 2 is 2.54 bits per heavy atom. The lowest BCUT2D eigenvalue weighted by Gasteiger charge is -2.21. The van der Waals surface area contributed by atoms with Crippen LogP contribution in [0.2, 0.25) is 0 Å². The molecule has 1 aliphatic rings. The fraction of sp³-hybridized carbons (Fsp3) is 0.500. The second-order valence-electron chi connectivity index (χ2n) is 3.70. The summed E-state index contributed by atoms with van der Waals surface area (Å²) in [7, 11) is 0. The molecule has 2 rings (SSSR count). The summed E-state index contributed by atoms with van der Waals surface area (Å²) in [6, 6.07) is 3.99. The van der Waals surface area contributed by atoms with Crippen molar-refractivity contribution in [3.8, 4) is 0 Å². The van der Waals surface area contributed by atoms with E-state index in [4.69, 9.17) is 10.5 Å². The molecule has 1 aromatic rings. The Balaban J connectivity index is 2.05. The van der Waals surface area contributed by atoms with E-state index in [-0.39, 0.29) is 5.54 Å². The van der Waals surface area contributed by atoms with Crippen molar-refractivity contribution in [2.45, 2.75) is 18.4 Å². The van der Waals surface area contributed by atoms with Gasteiger partial charge >= 0.3 is 0 Å². The van der Waals surface area contributed by atoms with Crippen LogP contribution in [-0.2, 0) is 11.2 Å². The van der Waals surface area contributed by atoms with Gasteiger partial charge in [0.05, 0.1) is 6.61 Å². The SMILES string of the molecule is NC1(Cc2cccnc2)CCOC1. The maximum atomic E-state index is 6.14. The molecule has 0 bridgehead atoms. The Morgan fingerprint density at radius 1 is 1.62 bits per heavy atom. The number of aromatic nitrogens is 1. The molecule has 70 valence electrons. The Labute approximate surface area is 77.9 Å². The first kappa shape index (κ1) is 8.66. The van der Waals surface area contributed by atoms with Gasteiger partial charge in [0, 0.05) is 24.5 Å². The predicted octanol–water partition coefficient (Wildman–Crippen LogP) is 0.742. The third-order valence-electron chi connectivity index (χ3n) is 2.41. The van der Waals surface area contributed by atoms with E-state index in [1.807, 2.05) is 12.3 Å². The quantitative estimate of drug-likeness (QED) is 0.726. The minimum atomic E-state index is -0.164. The van der Waals surface area contributed by atoms with Gasteiger partial charge in [-0.25, -0.2) is 0 Å². The van der Waals surface area contributed by atoms with Crippen molar-refractivity contribution in [3.63, 3.8) is 0 Å². The van der Waals surface area contributed by atoms with Gasteiger partial charge in [-0.15, -0.1) is 0 Å². The molecule has 1 saturated heterocycles. The van der Waals surface area contributed by atoms with Crippen LogP contribution in [0, 0.1) is 0 Å². The average Bonchev–Trinajstić information content (AvgIpc) is 2.54. The standard InChI is InChI=1S/C10H14N2O/c11-10(3-5-13-8-10)6-9-2-1-4-12-7-9/h1-2,4,7H,3,5-6,8,11H2. The second kappa shape index (κ2) is 3.44. The van der Waals surface area contributed by atoms with Crippen molar-refractivity contribution in [1.29, 1.82) is 0 Å². The highest BCUT2D eigenvalue weighted by molar-refractivity contribution is 5.13. The van der Waals surface area contributed by atoms with E-state index in [0.29, 0.717) is 6.61 Å². The first-order valence-electron chi connectivity index (χ1n) is 4.54. The predicted molar refractivity (Wildman–Crippen MR) is 50.3 cm³/mol. The molecular weight excluding hydrogens is 164 g/mol.